The summed E-state index contributed by atoms with van der Waals surface area (Å²) in [5.74, 6) is 0.660. The van der Waals surface area contributed by atoms with E-state index in [0.717, 1.165) is 17.7 Å². The number of hydrogen-bond acceptors (Lipinski definition) is 8. The molecule has 37 heavy (non-hydrogen) atoms. The molecule has 8 nitrogen and oxygen atoms in total. The van der Waals surface area contributed by atoms with E-state index in [2.05, 4.69) is 17.4 Å². The van der Waals surface area contributed by atoms with E-state index >= 15 is 0 Å². The van der Waals surface area contributed by atoms with Crippen LogP contribution in [0.25, 0.3) is 21.7 Å². The van der Waals surface area contributed by atoms with E-state index in [-0.39, 0.29) is 17.2 Å². The maximum Gasteiger partial charge on any atom is 0.278 e. The van der Waals surface area contributed by atoms with Crippen LogP contribution in [0.4, 0.5) is 5.82 Å². The second-order valence-corrected chi connectivity index (χ2v) is 11.0. The molecule has 0 unspecified atom stereocenters. The molecule has 0 aliphatic heterocycles. The molecule has 0 aliphatic carbocycles. The van der Waals surface area contributed by atoms with Crippen molar-refractivity contribution in [3.63, 3.8) is 0 Å². The summed E-state index contributed by atoms with van der Waals surface area (Å²) < 4.78 is 9.35. The Hall–Kier alpha value is -3.54. The standard InChI is InChI=1S/C26H23N5O3S3/c1-4-17-7-11-18(12-8-17)30-23-22(37-26(30)35)24(33)31(19-9-5-15(2)6-10-19)25(28-23)36-14-21(32)27-20-13-16(3)34-29-20/h5-13H,4,14H2,1-3H3,(H,27,29,32). The van der Waals surface area contributed by atoms with Gasteiger partial charge < -0.3 is 9.84 Å². The molecular weight excluding hydrogens is 527 g/mol. The minimum atomic E-state index is -0.291. The largest absolute Gasteiger partial charge is 0.360 e. The van der Waals surface area contributed by atoms with E-state index in [1.165, 1.54) is 33.2 Å². The summed E-state index contributed by atoms with van der Waals surface area (Å²) in [4.78, 5) is 31.3. The van der Waals surface area contributed by atoms with Gasteiger partial charge in [0.2, 0.25) is 5.91 Å². The fourth-order valence-electron chi connectivity index (χ4n) is 3.80. The summed E-state index contributed by atoms with van der Waals surface area (Å²) in [6.07, 6.45) is 0.923. The van der Waals surface area contributed by atoms with Crippen molar-refractivity contribution < 1.29 is 9.32 Å². The number of carbonyl (C=O) groups is 1. The van der Waals surface area contributed by atoms with E-state index in [1.54, 1.807) is 13.0 Å². The molecule has 5 rings (SSSR count). The summed E-state index contributed by atoms with van der Waals surface area (Å²) in [7, 11) is 0. The SMILES string of the molecule is CCc1ccc(-n2c(=S)sc3c(=O)n(-c4ccc(C)cc4)c(SCC(=O)Nc4cc(C)on4)nc32)cc1. The lowest BCUT2D eigenvalue weighted by atomic mass is 10.1. The number of aryl methyl sites for hydroxylation is 3. The van der Waals surface area contributed by atoms with E-state index < -0.39 is 0 Å². The predicted molar refractivity (Wildman–Crippen MR) is 150 cm³/mol. The first kappa shape index (κ1) is 25.1. The third kappa shape index (κ3) is 5.15. The zero-order valence-corrected chi connectivity index (χ0v) is 22.8. The molecule has 0 saturated carbocycles. The Morgan fingerprint density at radius 2 is 1.76 bits per heavy atom. The minimum Gasteiger partial charge on any atom is -0.360 e. The van der Waals surface area contributed by atoms with Gasteiger partial charge >= 0.3 is 0 Å². The number of carbonyl (C=O) groups excluding carboxylic acids is 1. The number of thioether (sulfide) groups is 1. The molecule has 0 radical (unpaired) electrons. The molecule has 2 aromatic carbocycles. The zero-order valence-electron chi connectivity index (χ0n) is 20.3. The van der Waals surface area contributed by atoms with Crippen LogP contribution < -0.4 is 10.9 Å². The Bertz CT molecular complexity index is 1710. The number of benzene rings is 2. The van der Waals surface area contributed by atoms with Crippen molar-refractivity contribution >= 4 is 57.4 Å². The van der Waals surface area contributed by atoms with Crippen LogP contribution in [-0.2, 0) is 11.2 Å². The average Bonchev–Trinajstić information content (AvgIpc) is 3.45. The van der Waals surface area contributed by atoms with E-state index in [9.17, 15) is 9.59 Å². The highest BCUT2D eigenvalue weighted by Gasteiger charge is 2.20. The monoisotopic (exact) mass is 549 g/mol. The van der Waals surface area contributed by atoms with Crippen molar-refractivity contribution in [1.82, 2.24) is 19.3 Å². The normalized spacial score (nSPS) is 11.2. The smallest absolute Gasteiger partial charge is 0.278 e. The minimum absolute atomic E-state index is 0.0196. The Balaban J connectivity index is 1.60. The van der Waals surface area contributed by atoms with Gasteiger partial charge in [0, 0.05) is 11.8 Å². The van der Waals surface area contributed by atoms with Crippen molar-refractivity contribution in [1.29, 1.82) is 0 Å². The van der Waals surface area contributed by atoms with Crippen molar-refractivity contribution in [2.45, 2.75) is 32.3 Å². The number of aromatic nitrogens is 4. The Morgan fingerprint density at radius 3 is 2.41 bits per heavy atom. The molecule has 1 amide bonds. The molecule has 0 spiro atoms. The number of amides is 1. The lowest BCUT2D eigenvalue weighted by Gasteiger charge is -2.13. The van der Waals surface area contributed by atoms with Gasteiger partial charge in [-0.2, -0.15) is 0 Å². The van der Waals surface area contributed by atoms with Crippen molar-refractivity contribution in [3.8, 4) is 11.4 Å². The number of anilines is 1. The van der Waals surface area contributed by atoms with Gasteiger partial charge in [0.1, 0.15) is 10.5 Å². The number of nitrogens with one attached hydrogen (secondary N) is 1. The second kappa shape index (κ2) is 10.4. The lowest BCUT2D eigenvalue weighted by molar-refractivity contribution is -0.113. The molecule has 11 heteroatoms. The van der Waals surface area contributed by atoms with Gasteiger partial charge in [0.15, 0.2) is 20.6 Å². The van der Waals surface area contributed by atoms with Crippen LogP contribution >= 0.6 is 35.3 Å². The number of thiazole rings is 1. The summed E-state index contributed by atoms with van der Waals surface area (Å²) in [5.41, 5.74) is 4.02. The molecule has 0 fully saturated rings. The number of fused-ring (bicyclic) bond motifs is 1. The average molecular weight is 550 g/mol. The van der Waals surface area contributed by atoms with E-state index in [4.69, 9.17) is 21.7 Å². The number of rotatable bonds is 7. The van der Waals surface area contributed by atoms with Crippen LogP contribution in [0.5, 0.6) is 0 Å². The first-order chi connectivity index (χ1) is 17.8. The highest BCUT2D eigenvalue weighted by Crippen LogP contribution is 2.28. The Kier molecular flexibility index (Phi) is 7.09. The second-order valence-electron chi connectivity index (χ2n) is 8.41. The van der Waals surface area contributed by atoms with Crippen LogP contribution in [0.2, 0.25) is 0 Å². The van der Waals surface area contributed by atoms with Crippen molar-refractivity contribution in [2.24, 2.45) is 0 Å². The molecule has 5 aromatic rings. The van der Waals surface area contributed by atoms with Crippen molar-refractivity contribution in [3.05, 3.63) is 85.8 Å². The highest BCUT2D eigenvalue weighted by molar-refractivity contribution is 7.99. The fourth-order valence-corrected chi connectivity index (χ4v) is 5.90. The molecule has 3 heterocycles. The summed E-state index contributed by atoms with van der Waals surface area (Å²) in [6, 6.07) is 17.3. The van der Waals surface area contributed by atoms with Gasteiger partial charge in [-0.1, -0.05) is 65.0 Å². The quantitative estimate of drug-likeness (QED) is 0.154. The topological polar surface area (TPSA) is 95.0 Å². The van der Waals surface area contributed by atoms with Crippen LogP contribution in [0.15, 0.2) is 69.1 Å². The summed E-state index contributed by atoms with van der Waals surface area (Å²) in [5, 5.41) is 6.89. The van der Waals surface area contributed by atoms with E-state index in [1.807, 2.05) is 60.0 Å². The highest BCUT2D eigenvalue weighted by atomic mass is 32.2. The Labute approximate surface area is 226 Å². The van der Waals surface area contributed by atoms with Gasteiger partial charge in [-0.3, -0.25) is 18.7 Å². The molecule has 0 bridgehead atoms. The molecule has 188 valence electrons. The molecule has 0 aliphatic rings. The maximum absolute atomic E-state index is 13.8. The maximum atomic E-state index is 13.8. The first-order valence-electron chi connectivity index (χ1n) is 11.5. The first-order valence-corrected chi connectivity index (χ1v) is 13.8. The summed E-state index contributed by atoms with van der Waals surface area (Å²) in [6.45, 7) is 5.82. The number of nitrogens with zero attached hydrogens (tertiary/aromatic N) is 4. The molecule has 0 atom stereocenters. The van der Waals surface area contributed by atoms with Crippen molar-refractivity contribution in [2.75, 3.05) is 11.1 Å². The van der Waals surface area contributed by atoms with Gasteiger partial charge in [-0.15, -0.1) is 0 Å². The number of hydrogen-bond donors (Lipinski definition) is 1. The van der Waals surface area contributed by atoms with Gasteiger partial charge in [-0.25, -0.2) is 4.98 Å². The summed E-state index contributed by atoms with van der Waals surface area (Å²) >= 11 is 8.07. The fraction of sp³-hybridized carbons (Fsp3) is 0.192. The van der Waals surface area contributed by atoms with Gasteiger partial charge in [0.05, 0.1) is 11.4 Å². The third-order valence-electron chi connectivity index (χ3n) is 5.70. The zero-order chi connectivity index (χ0) is 26.1. The molecular formula is C26H23N5O3S3. The van der Waals surface area contributed by atoms with Crippen LogP contribution in [0.1, 0.15) is 23.8 Å². The molecule has 3 aromatic heterocycles. The van der Waals surface area contributed by atoms with Crippen LogP contribution in [0, 0.1) is 17.8 Å². The van der Waals surface area contributed by atoms with Crippen LogP contribution in [0.3, 0.4) is 0 Å². The third-order valence-corrected chi connectivity index (χ3v) is 7.99. The van der Waals surface area contributed by atoms with Gasteiger partial charge in [0.25, 0.3) is 5.56 Å². The molecule has 0 saturated heterocycles. The molecule has 1 N–H and O–H groups in total. The van der Waals surface area contributed by atoms with Gasteiger partial charge in [-0.05, 0) is 62.3 Å². The lowest BCUT2D eigenvalue weighted by Crippen LogP contribution is -2.22. The van der Waals surface area contributed by atoms with Crippen LogP contribution in [-0.4, -0.2) is 30.9 Å². The Morgan fingerprint density at radius 1 is 1.08 bits per heavy atom. The van der Waals surface area contributed by atoms with E-state index in [0.29, 0.717) is 36.7 Å². The predicted octanol–water partition coefficient (Wildman–Crippen LogP) is 5.87.